The SMILES string of the molecule is CC(C)Cc1nc2ccc(C3(C#N)COC3)cc2n1C. The Morgan fingerprint density at radius 3 is 2.75 bits per heavy atom. The second-order valence-corrected chi connectivity index (χ2v) is 6.08. The smallest absolute Gasteiger partial charge is 0.129 e. The Hall–Kier alpha value is -1.86. The van der Waals surface area contributed by atoms with Crippen molar-refractivity contribution in [2.45, 2.75) is 25.7 Å². The number of benzene rings is 1. The monoisotopic (exact) mass is 269 g/mol. The lowest BCUT2D eigenvalue weighted by atomic mass is 9.80. The Morgan fingerprint density at radius 2 is 2.20 bits per heavy atom. The van der Waals surface area contributed by atoms with E-state index in [1.165, 1.54) is 0 Å². The fourth-order valence-electron chi connectivity index (χ4n) is 2.69. The lowest BCUT2D eigenvalue weighted by Gasteiger charge is -2.35. The average Bonchev–Trinajstić information content (AvgIpc) is 2.65. The van der Waals surface area contributed by atoms with Gasteiger partial charge in [-0.05, 0) is 23.6 Å². The second kappa shape index (κ2) is 4.60. The number of hydrogen-bond acceptors (Lipinski definition) is 3. The fourth-order valence-corrected chi connectivity index (χ4v) is 2.69. The molecule has 1 aliphatic heterocycles. The highest BCUT2D eigenvalue weighted by atomic mass is 16.5. The van der Waals surface area contributed by atoms with Gasteiger partial charge in [-0.15, -0.1) is 0 Å². The van der Waals surface area contributed by atoms with Gasteiger partial charge in [0.2, 0.25) is 0 Å². The summed E-state index contributed by atoms with van der Waals surface area (Å²) in [7, 11) is 2.05. The molecule has 2 aromatic rings. The van der Waals surface area contributed by atoms with Crippen LogP contribution in [0.15, 0.2) is 18.2 Å². The minimum Gasteiger partial charge on any atom is -0.377 e. The zero-order valence-corrected chi connectivity index (χ0v) is 12.2. The van der Waals surface area contributed by atoms with E-state index in [0.717, 1.165) is 28.8 Å². The van der Waals surface area contributed by atoms with Crippen LogP contribution in [0.5, 0.6) is 0 Å². The molecule has 2 heterocycles. The molecule has 4 heteroatoms. The zero-order valence-electron chi connectivity index (χ0n) is 12.2. The lowest BCUT2D eigenvalue weighted by molar-refractivity contribution is -0.0297. The Morgan fingerprint density at radius 1 is 1.45 bits per heavy atom. The van der Waals surface area contributed by atoms with Crippen LogP contribution in [0.4, 0.5) is 0 Å². The van der Waals surface area contributed by atoms with Gasteiger partial charge in [0.05, 0.1) is 30.3 Å². The van der Waals surface area contributed by atoms with Gasteiger partial charge in [0.25, 0.3) is 0 Å². The van der Waals surface area contributed by atoms with Crippen molar-refractivity contribution in [2.75, 3.05) is 13.2 Å². The molecule has 0 radical (unpaired) electrons. The van der Waals surface area contributed by atoms with Gasteiger partial charge < -0.3 is 9.30 Å². The van der Waals surface area contributed by atoms with E-state index < -0.39 is 5.41 Å². The van der Waals surface area contributed by atoms with E-state index in [-0.39, 0.29) is 0 Å². The molecule has 1 aromatic heterocycles. The predicted molar refractivity (Wildman–Crippen MR) is 77.4 cm³/mol. The number of imidazole rings is 1. The Kier molecular flexibility index (Phi) is 3.02. The number of aromatic nitrogens is 2. The van der Waals surface area contributed by atoms with Gasteiger partial charge in [-0.1, -0.05) is 19.9 Å². The molecule has 0 unspecified atom stereocenters. The number of ether oxygens (including phenoxy) is 1. The lowest BCUT2D eigenvalue weighted by Crippen LogP contribution is -2.45. The highest BCUT2D eigenvalue weighted by Gasteiger charge is 2.41. The summed E-state index contributed by atoms with van der Waals surface area (Å²) in [6, 6.07) is 8.53. The fraction of sp³-hybridized carbons (Fsp3) is 0.500. The van der Waals surface area contributed by atoms with E-state index in [1.807, 2.05) is 19.2 Å². The molecule has 0 N–H and O–H groups in total. The van der Waals surface area contributed by atoms with E-state index in [4.69, 9.17) is 9.72 Å². The molecule has 4 nitrogen and oxygen atoms in total. The first-order valence-corrected chi connectivity index (χ1v) is 7.00. The van der Waals surface area contributed by atoms with E-state index in [0.29, 0.717) is 19.1 Å². The minimum absolute atomic E-state index is 0.462. The molecule has 0 amide bonds. The maximum absolute atomic E-state index is 9.40. The van der Waals surface area contributed by atoms with Gasteiger partial charge in [-0.3, -0.25) is 0 Å². The van der Waals surface area contributed by atoms with Crippen molar-refractivity contribution in [3.63, 3.8) is 0 Å². The number of rotatable bonds is 3. The molecule has 3 rings (SSSR count). The summed E-state index contributed by atoms with van der Waals surface area (Å²) >= 11 is 0. The third kappa shape index (κ3) is 1.90. The first-order chi connectivity index (χ1) is 9.55. The van der Waals surface area contributed by atoms with Crippen LogP contribution < -0.4 is 0 Å². The summed E-state index contributed by atoms with van der Waals surface area (Å²) in [6.45, 7) is 5.37. The van der Waals surface area contributed by atoms with Gasteiger partial charge in [0.15, 0.2) is 0 Å². The van der Waals surface area contributed by atoms with Gasteiger partial charge in [0.1, 0.15) is 11.2 Å². The minimum atomic E-state index is -0.462. The predicted octanol–water partition coefficient (Wildman–Crippen LogP) is 2.56. The standard InChI is InChI=1S/C16H19N3O/c1-11(2)6-15-18-13-5-4-12(7-14(13)19(15)3)16(8-17)9-20-10-16/h4-5,7,11H,6,9-10H2,1-3H3. The van der Waals surface area contributed by atoms with Gasteiger partial charge in [-0.25, -0.2) is 4.98 Å². The van der Waals surface area contributed by atoms with Crippen molar-refractivity contribution in [2.24, 2.45) is 13.0 Å². The maximum Gasteiger partial charge on any atom is 0.129 e. The van der Waals surface area contributed by atoms with E-state index in [9.17, 15) is 5.26 Å². The van der Waals surface area contributed by atoms with Crippen LogP contribution in [0.1, 0.15) is 25.2 Å². The zero-order chi connectivity index (χ0) is 14.3. The number of fused-ring (bicyclic) bond motifs is 1. The molecule has 0 saturated carbocycles. The molecule has 1 aromatic carbocycles. The third-order valence-corrected chi connectivity index (χ3v) is 4.03. The topological polar surface area (TPSA) is 50.8 Å². The number of aryl methyl sites for hydroxylation is 1. The van der Waals surface area contributed by atoms with Crippen molar-refractivity contribution >= 4 is 11.0 Å². The average molecular weight is 269 g/mol. The van der Waals surface area contributed by atoms with Crippen LogP contribution in [0.25, 0.3) is 11.0 Å². The summed E-state index contributed by atoms with van der Waals surface area (Å²) < 4.78 is 7.38. The van der Waals surface area contributed by atoms with Crippen molar-refractivity contribution in [1.29, 1.82) is 5.26 Å². The van der Waals surface area contributed by atoms with Crippen LogP contribution in [0.3, 0.4) is 0 Å². The first kappa shape index (κ1) is 13.1. The Bertz CT molecular complexity index is 690. The van der Waals surface area contributed by atoms with E-state index >= 15 is 0 Å². The van der Waals surface area contributed by atoms with Crippen LogP contribution in [-0.2, 0) is 23.6 Å². The van der Waals surface area contributed by atoms with Crippen molar-refractivity contribution in [3.05, 3.63) is 29.6 Å². The molecule has 0 atom stereocenters. The highest BCUT2D eigenvalue weighted by Crippen LogP contribution is 2.33. The first-order valence-electron chi connectivity index (χ1n) is 7.00. The molecular formula is C16H19N3O. The van der Waals surface area contributed by atoms with Gasteiger partial charge in [-0.2, -0.15) is 5.26 Å². The highest BCUT2D eigenvalue weighted by molar-refractivity contribution is 5.77. The third-order valence-electron chi connectivity index (χ3n) is 4.03. The Balaban J connectivity index is 2.07. The molecule has 0 spiro atoms. The van der Waals surface area contributed by atoms with Crippen LogP contribution >= 0.6 is 0 Å². The van der Waals surface area contributed by atoms with Gasteiger partial charge in [0, 0.05) is 13.5 Å². The summed E-state index contributed by atoms with van der Waals surface area (Å²) in [6.07, 6.45) is 0.965. The van der Waals surface area contributed by atoms with Gasteiger partial charge >= 0.3 is 0 Å². The van der Waals surface area contributed by atoms with Crippen LogP contribution in [-0.4, -0.2) is 22.8 Å². The normalized spacial score (nSPS) is 17.1. The number of hydrogen-bond donors (Lipinski definition) is 0. The Labute approximate surface area is 119 Å². The van der Waals surface area contributed by atoms with Crippen molar-refractivity contribution in [1.82, 2.24) is 9.55 Å². The molecule has 20 heavy (non-hydrogen) atoms. The molecule has 0 bridgehead atoms. The van der Waals surface area contributed by atoms with Crippen LogP contribution in [0, 0.1) is 17.2 Å². The molecule has 1 saturated heterocycles. The summed E-state index contributed by atoms with van der Waals surface area (Å²) in [5, 5.41) is 9.40. The molecule has 104 valence electrons. The van der Waals surface area contributed by atoms with Crippen LogP contribution in [0.2, 0.25) is 0 Å². The molecular weight excluding hydrogens is 250 g/mol. The van der Waals surface area contributed by atoms with Crippen molar-refractivity contribution < 1.29 is 4.74 Å². The van der Waals surface area contributed by atoms with Crippen molar-refractivity contribution in [3.8, 4) is 6.07 Å². The van der Waals surface area contributed by atoms with E-state index in [2.05, 4.69) is 30.6 Å². The molecule has 0 aliphatic carbocycles. The number of nitriles is 1. The molecule has 1 fully saturated rings. The summed E-state index contributed by atoms with van der Waals surface area (Å²) in [5.41, 5.74) is 2.68. The quantitative estimate of drug-likeness (QED) is 0.860. The van der Waals surface area contributed by atoms with E-state index in [1.54, 1.807) is 0 Å². The second-order valence-electron chi connectivity index (χ2n) is 6.08. The molecule has 1 aliphatic rings. The summed E-state index contributed by atoms with van der Waals surface area (Å²) in [4.78, 5) is 4.69. The maximum atomic E-state index is 9.40. The summed E-state index contributed by atoms with van der Waals surface area (Å²) in [5.74, 6) is 1.68. The number of nitrogens with zero attached hydrogens (tertiary/aromatic N) is 3. The largest absolute Gasteiger partial charge is 0.377 e.